The van der Waals surface area contributed by atoms with Gasteiger partial charge in [0, 0.05) is 16.9 Å². The van der Waals surface area contributed by atoms with Crippen molar-refractivity contribution in [2.24, 2.45) is 0 Å². The lowest BCUT2D eigenvalue weighted by atomic mass is 10.2. The van der Waals surface area contributed by atoms with Crippen molar-refractivity contribution >= 4 is 17.6 Å². The van der Waals surface area contributed by atoms with Gasteiger partial charge in [-0.2, -0.15) is 0 Å². The number of hydrogen-bond acceptors (Lipinski definition) is 3. The number of hydrogen-bond donors (Lipinski definition) is 0. The lowest BCUT2D eigenvalue weighted by Gasteiger charge is -2.08. The van der Waals surface area contributed by atoms with Gasteiger partial charge >= 0.3 is 0 Å². The Hall–Kier alpha value is -1.75. The molecule has 18 heavy (non-hydrogen) atoms. The van der Waals surface area contributed by atoms with E-state index in [-0.39, 0.29) is 12.2 Å². The molecule has 0 N–H and O–H groups in total. The minimum Gasteiger partial charge on any atom is -0.487 e. The van der Waals surface area contributed by atoms with Crippen LogP contribution in [0.4, 0.5) is 8.78 Å². The van der Waals surface area contributed by atoms with Crippen LogP contribution in [-0.4, -0.2) is 12.9 Å². The zero-order valence-corrected chi connectivity index (χ0v) is 10.2. The highest BCUT2D eigenvalue weighted by molar-refractivity contribution is 7.09. The van der Waals surface area contributed by atoms with Crippen LogP contribution in [-0.2, 0) is 6.42 Å². The number of benzene rings is 1. The molecule has 2 nitrogen and oxygen atoms in total. The second-order valence-corrected chi connectivity index (χ2v) is 4.64. The molecule has 1 aromatic heterocycles. The molecule has 0 atom stereocenters. The van der Waals surface area contributed by atoms with Crippen molar-refractivity contribution in [1.82, 2.24) is 0 Å². The summed E-state index contributed by atoms with van der Waals surface area (Å²) in [6, 6.07) is 5.74. The SMILES string of the molecule is O=Cc1cc(F)c(OCCc2cccs2)c(F)c1. The van der Waals surface area contributed by atoms with Gasteiger partial charge in [0.25, 0.3) is 0 Å². The Morgan fingerprint density at radius 2 is 2.00 bits per heavy atom. The lowest BCUT2D eigenvalue weighted by Crippen LogP contribution is -2.04. The van der Waals surface area contributed by atoms with Gasteiger partial charge in [-0.15, -0.1) is 11.3 Å². The Morgan fingerprint density at radius 3 is 2.56 bits per heavy atom. The van der Waals surface area contributed by atoms with E-state index in [0.29, 0.717) is 12.7 Å². The van der Waals surface area contributed by atoms with Crippen LogP contribution >= 0.6 is 11.3 Å². The first-order valence-electron chi connectivity index (χ1n) is 5.30. The van der Waals surface area contributed by atoms with Crippen LogP contribution < -0.4 is 4.74 Å². The van der Waals surface area contributed by atoms with Crippen molar-refractivity contribution in [3.8, 4) is 5.75 Å². The van der Waals surface area contributed by atoms with Gasteiger partial charge in [-0.05, 0) is 23.6 Å². The summed E-state index contributed by atoms with van der Waals surface area (Å²) in [4.78, 5) is 11.5. The third-order valence-corrected chi connectivity index (χ3v) is 3.27. The Morgan fingerprint density at radius 1 is 1.28 bits per heavy atom. The summed E-state index contributed by atoms with van der Waals surface area (Å²) in [5.74, 6) is -2.15. The maximum atomic E-state index is 13.4. The quantitative estimate of drug-likeness (QED) is 0.776. The number of rotatable bonds is 5. The first-order valence-corrected chi connectivity index (χ1v) is 6.18. The van der Waals surface area contributed by atoms with E-state index in [2.05, 4.69) is 0 Å². The van der Waals surface area contributed by atoms with Crippen LogP contribution in [0.1, 0.15) is 15.2 Å². The molecular weight excluding hydrogens is 258 g/mol. The maximum absolute atomic E-state index is 13.4. The average Bonchev–Trinajstić information content (AvgIpc) is 2.85. The molecule has 94 valence electrons. The summed E-state index contributed by atoms with van der Waals surface area (Å²) in [6.07, 6.45) is 0.980. The molecule has 0 aliphatic rings. The molecule has 0 saturated heterocycles. The van der Waals surface area contributed by atoms with Crippen molar-refractivity contribution in [3.63, 3.8) is 0 Å². The topological polar surface area (TPSA) is 26.3 Å². The fourth-order valence-corrected chi connectivity index (χ4v) is 2.18. The fraction of sp³-hybridized carbons (Fsp3) is 0.154. The smallest absolute Gasteiger partial charge is 0.190 e. The first-order chi connectivity index (χ1) is 8.70. The van der Waals surface area contributed by atoms with Gasteiger partial charge in [0.1, 0.15) is 6.29 Å². The molecule has 1 aromatic carbocycles. The molecule has 2 aromatic rings. The zero-order chi connectivity index (χ0) is 13.0. The van der Waals surface area contributed by atoms with Crippen LogP contribution in [0.15, 0.2) is 29.6 Å². The summed E-state index contributed by atoms with van der Waals surface area (Å²) in [7, 11) is 0. The Bertz CT molecular complexity index is 515. The number of ether oxygens (including phenoxy) is 1. The van der Waals surface area contributed by atoms with Gasteiger partial charge in [0.15, 0.2) is 17.4 Å². The predicted molar refractivity (Wildman–Crippen MR) is 65.3 cm³/mol. The largest absolute Gasteiger partial charge is 0.487 e. The molecule has 2 rings (SSSR count). The van der Waals surface area contributed by atoms with Crippen LogP contribution in [0.2, 0.25) is 0 Å². The van der Waals surface area contributed by atoms with Crippen molar-refractivity contribution in [1.29, 1.82) is 0 Å². The second-order valence-electron chi connectivity index (χ2n) is 3.61. The summed E-state index contributed by atoms with van der Waals surface area (Å²) >= 11 is 1.56. The van der Waals surface area contributed by atoms with Gasteiger partial charge in [0.05, 0.1) is 6.61 Å². The first kappa shape index (κ1) is 12.7. The predicted octanol–water partition coefficient (Wildman–Crippen LogP) is 3.46. The van der Waals surface area contributed by atoms with E-state index in [9.17, 15) is 13.6 Å². The molecule has 0 fully saturated rings. The number of aldehydes is 1. The van der Waals surface area contributed by atoms with Crippen molar-refractivity contribution in [3.05, 3.63) is 51.7 Å². The van der Waals surface area contributed by atoms with E-state index in [4.69, 9.17) is 4.74 Å². The van der Waals surface area contributed by atoms with Gasteiger partial charge in [-0.1, -0.05) is 6.07 Å². The fourth-order valence-electron chi connectivity index (χ4n) is 1.49. The van der Waals surface area contributed by atoms with E-state index in [0.717, 1.165) is 17.0 Å². The highest BCUT2D eigenvalue weighted by Gasteiger charge is 2.12. The van der Waals surface area contributed by atoms with E-state index >= 15 is 0 Å². The number of carbonyl (C=O) groups excluding carboxylic acids is 1. The number of carbonyl (C=O) groups is 1. The minimum atomic E-state index is -0.858. The molecular formula is C13H10F2O2S. The molecule has 0 aliphatic heterocycles. The highest BCUT2D eigenvalue weighted by atomic mass is 32.1. The molecule has 0 unspecified atom stereocenters. The van der Waals surface area contributed by atoms with Gasteiger partial charge < -0.3 is 4.74 Å². The third kappa shape index (κ3) is 2.92. The van der Waals surface area contributed by atoms with Crippen molar-refractivity contribution in [2.45, 2.75) is 6.42 Å². The summed E-state index contributed by atoms with van der Waals surface area (Å²) in [6.45, 7) is 0.189. The summed E-state index contributed by atoms with van der Waals surface area (Å²) < 4.78 is 32.0. The normalized spacial score (nSPS) is 10.3. The minimum absolute atomic E-state index is 0.0457. The molecule has 0 aliphatic carbocycles. The molecule has 0 saturated carbocycles. The Labute approximate surface area is 107 Å². The zero-order valence-electron chi connectivity index (χ0n) is 9.36. The maximum Gasteiger partial charge on any atom is 0.190 e. The average molecular weight is 268 g/mol. The van der Waals surface area contributed by atoms with Crippen molar-refractivity contribution in [2.75, 3.05) is 6.61 Å². The molecule has 1 heterocycles. The monoisotopic (exact) mass is 268 g/mol. The van der Waals surface area contributed by atoms with Gasteiger partial charge in [0.2, 0.25) is 0 Å². The standard InChI is InChI=1S/C13H10F2O2S/c14-11-6-9(8-16)7-12(15)13(11)17-4-3-10-2-1-5-18-10/h1-2,5-8H,3-4H2. The number of thiophene rings is 1. The van der Waals surface area contributed by atoms with Crippen molar-refractivity contribution < 1.29 is 18.3 Å². The molecule has 0 bridgehead atoms. The van der Waals surface area contributed by atoms with E-state index < -0.39 is 17.4 Å². The molecule has 0 radical (unpaired) electrons. The highest BCUT2D eigenvalue weighted by Crippen LogP contribution is 2.23. The van der Waals surface area contributed by atoms with Gasteiger partial charge in [-0.25, -0.2) is 8.78 Å². The third-order valence-electron chi connectivity index (χ3n) is 2.33. The number of halogens is 2. The van der Waals surface area contributed by atoms with Gasteiger partial charge in [-0.3, -0.25) is 4.79 Å². The van der Waals surface area contributed by atoms with E-state index in [1.165, 1.54) is 0 Å². The molecule has 0 amide bonds. The Balaban J connectivity index is 2.03. The van der Waals surface area contributed by atoms with Crippen LogP contribution in [0, 0.1) is 11.6 Å². The summed E-state index contributed by atoms with van der Waals surface area (Å²) in [5.41, 5.74) is -0.0457. The molecule has 5 heteroatoms. The van der Waals surface area contributed by atoms with E-state index in [1.807, 2.05) is 17.5 Å². The molecule has 0 spiro atoms. The summed E-state index contributed by atoms with van der Waals surface area (Å²) in [5, 5.41) is 1.93. The van der Waals surface area contributed by atoms with Crippen LogP contribution in [0.3, 0.4) is 0 Å². The Kier molecular flexibility index (Phi) is 4.04. The second kappa shape index (κ2) is 5.73. The van der Waals surface area contributed by atoms with E-state index in [1.54, 1.807) is 11.3 Å². The lowest BCUT2D eigenvalue weighted by molar-refractivity contribution is 0.112. The van der Waals surface area contributed by atoms with Crippen LogP contribution in [0.25, 0.3) is 0 Å². The van der Waals surface area contributed by atoms with Crippen LogP contribution in [0.5, 0.6) is 5.75 Å².